The van der Waals surface area contributed by atoms with Crippen LogP contribution in [0.25, 0.3) is 33.2 Å². The molecule has 0 aliphatic carbocycles. The van der Waals surface area contributed by atoms with Crippen LogP contribution < -0.4 is 0 Å². The lowest BCUT2D eigenvalue weighted by Crippen LogP contribution is -1.94. The highest BCUT2D eigenvalue weighted by Gasteiger charge is 2.11. The molecule has 1 aromatic heterocycles. The molecule has 0 radical (unpaired) electrons. The molecule has 0 bridgehead atoms. The number of rotatable bonds is 6. The Bertz CT molecular complexity index is 1510. The molecular weight excluding hydrogens is 472 g/mol. The van der Waals surface area contributed by atoms with Gasteiger partial charge in [-0.05, 0) is 69.3 Å². The molecule has 0 aliphatic heterocycles. The van der Waals surface area contributed by atoms with E-state index in [4.69, 9.17) is 0 Å². The van der Waals surface area contributed by atoms with E-state index in [1.807, 2.05) is 39.0 Å². The summed E-state index contributed by atoms with van der Waals surface area (Å²) in [5.41, 5.74) is 8.14. The minimum absolute atomic E-state index is 0.837. The monoisotopic (exact) mass is 512 g/mol. The number of aryl methyl sites for hydroxylation is 1. The van der Waals surface area contributed by atoms with Crippen LogP contribution in [-0.4, -0.2) is 11.3 Å². The summed E-state index contributed by atoms with van der Waals surface area (Å²) in [6.45, 7) is 14.0. The first-order valence-electron chi connectivity index (χ1n) is 13.7. The van der Waals surface area contributed by atoms with Gasteiger partial charge >= 0.3 is 0 Å². The molecule has 0 amide bonds. The van der Waals surface area contributed by atoms with Gasteiger partial charge in [0.15, 0.2) is 0 Å². The second-order valence-electron chi connectivity index (χ2n) is 8.89. The Morgan fingerprint density at radius 3 is 1.74 bits per heavy atom. The van der Waals surface area contributed by atoms with E-state index in [1.165, 1.54) is 32.9 Å². The summed E-state index contributed by atoms with van der Waals surface area (Å²) in [4.78, 5) is 4.27. The van der Waals surface area contributed by atoms with Crippen molar-refractivity contribution in [2.45, 2.75) is 41.0 Å². The van der Waals surface area contributed by atoms with Crippen LogP contribution in [0.15, 0.2) is 138 Å². The molecule has 1 heterocycles. The molecule has 0 N–H and O–H groups in total. The summed E-state index contributed by atoms with van der Waals surface area (Å²) in [5.74, 6) is 0. The topological polar surface area (TPSA) is 17.3 Å². The zero-order valence-corrected chi connectivity index (χ0v) is 23.9. The number of aromatic nitrogens is 1. The lowest BCUT2D eigenvalue weighted by molar-refractivity contribution is 1.18. The molecule has 5 rings (SSSR count). The Hall–Kier alpha value is -4.43. The molecule has 39 heavy (non-hydrogen) atoms. The molecule has 0 saturated heterocycles. The van der Waals surface area contributed by atoms with Crippen molar-refractivity contribution in [2.75, 3.05) is 0 Å². The van der Waals surface area contributed by atoms with Gasteiger partial charge < -0.3 is 4.57 Å². The maximum atomic E-state index is 4.27. The van der Waals surface area contributed by atoms with Gasteiger partial charge in [0.25, 0.3) is 0 Å². The van der Waals surface area contributed by atoms with E-state index < -0.39 is 0 Å². The van der Waals surface area contributed by atoms with E-state index in [0.717, 1.165) is 23.4 Å². The number of hydrogen-bond donors (Lipinski definition) is 0. The molecule has 198 valence electrons. The van der Waals surface area contributed by atoms with Gasteiger partial charge in [0.05, 0.1) is 16.7 Å². The second-order valence-corrected chi connectivity index (χ2v) is 8.89. The first-order chi connectivity index (χ1) is 19.2. The molecule has 0 fully saturated rings. The van der Waals surface area contributed by atoms with E-state index in [0.29, 0.717) is 0 Å². The van der Waals surface area contributed by atoms with Crippen molar-refractivity contribution in [2.24, 2.45) is 4.99 Å². The number of fused-ring (bicyclic) bond motifs is 3. The van der Waals surface area contributed by atoms with Gasteiger partial charge in [-0.2, -0.15) is 0 Å². The Balaban J connectivity index is 0.000000401. The minimum atomic E-state index is 0.837. The van der Waals surface area contributed by atoms with Crippen LogP contribution in [0, 0.1) is 6.92 Å². The van der Waals surface area contributed by atoms with Gasteiger partial charge in [-0.1, -0.05) is 123 Å². The summed E-state index contributed by atoms with van der Waals surface area (Å²) in [5, 5.41) is 2.54. The van der Waals surface area contributed by atoms with Crippen molar-refractivity contribution in [1.82, 2.24) is 4.57 Å². The molecular formula is C37H40N2. The summed E-state index contributed by atoms with van der Waals surface area (Å²) < 4.78 is 2.32. The maximum Gasteiger partial charge on any atom is 0.0658 e. The highest BCUT2D eigenvalue weighted by molar-refractivity contribution is 6.09. The van der Waals surface area contributed by atoms with Crippen LogP contribution >= 0.6 is 0 Å². The third kappa shape index (κ3) is 7.33. The number of hydrogen-bond acceptors (Lipinski definition) is 1. The summed E-state index contributed by atoms with van der Waals surface area (Å²) in [7, 11) is 0. The smallest absolute Gasteiger partial charge is 0.0658 e. The first kappa shape index (κ1) is 29.1. The van der Waals surface area contributed by atoms with E-state index in [9.17, 15) is 0 Å². The first-order valence-corrected chi connectivity index (χ1v) is 13.7. The number of aliphatic imine (C=N–C) groups is 1. The van der Waals surface area contributed by atoms with Gasteiger partial charge in [-0.15, -0.1) is 0 Å². The molecule has 2 heteroatoms. The van der Waals surface area contributed by atoms with Crippen LogP contribution in [0.2, 0.25) is 0 Å². The number of nitrogens with zero attached hydrogens (tertiary/aromatic N) is 2. The maximum absolute atomic E-state index is 4.27. The van der Waals surface area contributed by atoms with Gasteiger partial charge in [0.2, 0.25) is 0 Å². The molecule has 5 aromatic rings. The molecule has 0 spiro atoms. The zero-order valence-electron chi connectivity index (χ0n) is 23.9. The molecule has 4 aromatic carbocycles. The predicted octanol–water partition coefficient (Wildman–Crippen LogP) is 10.8. The standard InChI is InChI=1S/C28H26N2.C7H8.C2H6/c1-4-10-21(5-2)15-20-26(29-3)22-16-18-23(19-17-22)30-27-13-8-6-11-24(27)25-12-7-9-14-28(25)30;1-7-5-3-2-4-6-7;1-2/h4-14,16-20H,3,15H2,1-2H3;2-6H,1H3;1-2H3/b10-4-,21-5+,26-20-;;. The SMILES string of the molecule is C=N/C(=C\CC(/C=C\C)=C/C)c1ccc(-n2c3ccccc3c3ccccc32)cc1.CC.Cc1ccccc1. The average molecular weight is 513 g/mol. The summed E-state index contributed by atoms with van der Waals surface area (Å²) in [6, 6.07) is 36.0. The number of para-hydroxylation sites is 2. The lowest BCUT2D eigenvalue weighted by atomic mass is 10.1. The highest BCUT2D eigenvalue weighted by atomic mass is 15.0. The quantitative estimate of drug-likeness (QED) is 0.159. The molecule has 2 nitrogen and oxygen atoms in total. The fraction of sp³-hybridized carbons (Fsp3) is 0.162. The fourth-order valence-corrected chi connectivity index (χ4v) is 4.50. The van der Waals surface area contributed by atoms with E-state index in [-0.39, 0.29) is 0 Å². The summed E-state index contributed by atoms with van der Waals surface area (Å²) >= 11 is 0. The van der Waals surface area contributed by atoms with Crippen LogP contribution in [0.4, 0.5) is 0 Å². The molecule has 0 aliphatic rings. The Morgan fingerprint density at radius 1 is 0.744 bits per heavy atom. The van der Waals surface area contributed by atoms with E-state index in [2.05, 4.69) is 139 Å². The number of allylic oxidation sites excluding steroid dienone is 5. The van der Waals surface area contributed by atoms with E-state index >= 15 is 0 Å². The van der Waals surface area contributed by atoms with Crippen LogP contribution in [0.3, 0.4) is 0 Å². The van der Waals surface area contributed by atoms with Crippen molar-refractivity contribution in [3.8, 4) is 5.69 Å². The van der Waals surface area contributed by atoms with Crippen molar-refractivity contribution in [3.63, 3.8) is 0 Å². The van der Waals surface area contributed by atoms with Crippen molar-refractivity contribution >= 4 is 34.2 Å². The van der Waals surface area contributed by atoms with Crippen molar-refractivity contribution < 1.29 is 0 Å². The molecule has 0 atom stereocenters. The summed E-state index contributed by atoms with van der Waals surface area (Å²) in [6.07, 6.45) is 9.29. The van der Waals surface area contributed by atoms with Gasteiger partial charge in [0.1, 0.15) is 0 Å². The van der Waals surface area contributed by atoms with E-state index in [1.54, 1.807) is 0 Å². The predicted molar refractivity (Wildman–Crippen MR) is 174 cm³/mol. The van der Waals surface area contributed by atoms with Crippen LogP contribution in [-0.2, 0) is 0 Å². The largest absolute Gasteiger partial charge is 0.309 e. The Morgan fingerprint density at radius 2 is 1.28 bits per heavy atom. The van der Waals surface area contributed by atoms with Crippen LogP contribution in [0.1, 0.15) is 45.2 Å². The third-order valence-electron chi connectivity index (χ3n) is 6.39. The van der Waals surface area contributed by atoms with Gasteiger partial charge in [0, 0.05) is 16.5 Å². The Kier molecular flexibility index (Phi) is 11.3. The van der Waals surface area contributed by atoms with Crippen molar-refractivity contribution in [1.29, 1.82) is 0 Å². The lowest BCUT2D eigenvalue weighted by Gasteiger charge is -2.09. The Labute approximate surface area is 234 Å². The van der Waals surface area contributed by atoms with Gasteiger partial charge in [-0.25, -0.2) is 0 Å². The second kappa shape index (κ2) is 15.1. The molecule has 0 saturated carbocycles. The minimum Gasteiger partial charge on any atom is -0.309 e. The fourth-order valence-electron chi connectivity index (χ4n) is 4.50. The normalized spacial score (nSPS) is 11.6. The number of benzene rings is 4. The van der Waals surface area contributed by atoms with Crippen molar-refractivity contribution in [3.05, 3.63) is 144 Å². The third-order valence-corrected chi connectivity index (χ3v) is 6.39. The van der Waals surface area contributed by atoms with Gasteiger partial charge in [-0.3, -0.25) is 4.99 Å². The highest BCUT2D eigenvalue weighted by Crippen LogP contribution is 2.32. The average Bonchev–Trinajstić information content (AvgIpc) is 3.33. The zero-order chi connectivity index (χ0) is 28.0. The molecule has 0 unspecified atom stereocenters. The van der Waals surface area contributed by atoms with Crippen LogP contribution in [0.5, 0.6) is 0 Å².